The van der Waals surface area contributed by atoms with Crippen molar-refractivity contribution in [2.75, 3.05) is 26.1 Å². The molecule has 2 rings (SSSR count). The first-order valence-electron chi connectivity index (χ1n) is 7.12. The van der Waals surface area contributed by atoms with E-state index in [9.17, 15) is 14.0 Å². The predicted molar refractivity (Wildman–Crippen MR) is 86.9 cm³/mol. The second-order valence-corrected chi connectivity index (χ2v) is 4.79. The van der Waals surface area contributed by atoms with Gasteiger partial charge in [-0.15, -0.1) is 0 Å². The van der Waals surface area contributed by atoms with Gasteiger partial charge in [-0.3, -0.25) is 9.59 Å². The third-order valence-electron chi connectivity index (χ3n) is 3.12. The number of hydrogen-bond donors (Lipinski definition) is 2. The highest BCUT2D eigenvalue weighted by Crippen LogP contribution is 2.28. The van der Waals surface area contributed by atoms with Crippen molar-refractivity contribution in [1.82, 2.24) is 5.32 Å². The number of nitrogens with one attached hydrogen (secondary N) is 2. The molecule has 0 heterocycles. The van der Waals surface area contributed by atoms with Crippen molar-refractivity contribution in [3.63, 3.8) is 0 Å². The van der Waals surface area contributed by atoms with Crippen molar-refractivity contribution in [2.24, 2.45) is 0 Å². The number of hydrogen-bond acceptors (Lipinski definition) is 4. The molecule has 2 N–H and O–H groups in total. The van der Waals surface area contributed by atoms with Gasteiger partial charge in [-0.2, -0.15) is 0 Å². The molecule has 7 heteroatoms. The van der Waals surface area contributed by atoms with Crippen LogP contribution in [0, 0.1) is 5.82 Å². The maximum absolute atomic E-state index is 13.1. The van der Waals surface area contributed by atoms with Gasteiger partial charge in [-0.05, 0) is 36.4 Å². The van der Waals surface area contributed by atoms with E-state index in [4.69, 9.17) is 9.47 Å². The summed E-state index contributed by atoms with van der Waals surface area (Å²) < 4.78 is 23.6. The average molecular weight is 332 g/mol. The Bertz CT molecular complexity index is 749. The van der Waals surface area contributed by atoms with E-state index in [0.29, 0.717) is 17.0 Å². The van der Waals surface area contributed by atoms with Gasteiger partial charge in [0.05, 0.1) is 7.11 Å². The number of halogens is 1. The average Bonchev–Trinajstić information content (AvgIpc) is 2.59. The van der Waals surface area contributed by atoms with E-state index in [0.717, 1.165) is 0 Å². The third kappa shape index (κ3) is 4.45. The van der Waals surface area contributed by atoms with Crippen LogP contribution in [0.4, 0.5) is 10.1 Å². The first kappa shape index (κ1) is 17.3. The second kappa shape index (κ2) is 7.96. The molecule has 0 spiro atoms. The summed E-state index contributed by atoms with van der Waals surface area (Å²) in [6.45, 7) is -0.315. The number of anilines is 1. The van der Waals surface area contributed by atoms with Crippen molar-refractivity contribution in [3.8, 4) is 11.5 Å². The van der Waals surface area contributed by atoms with E-state index in [2.05, 4.69) is 10.6 Å². The highest BCUT2D eigenvalue weighted by molar-refractivity contribution is 5.95. The van der Waals surface area contributed by atoms with Crippen molar-refractivity contribution >= 4 is 17.5 Å². The third-order valence-corrected chi connectivity index (χ3v) is 3.12. The van der Waals surface area contributed by atoms with E-state index in [1.165, 1.54) is 38.4 Å². The number of carbonyl (C=O) groups excluding carboxylic acids is 2. The van der Waals surface area contributed by atoms with Gasteiger partial charge < -0.3 is 20.1 Å². The minimum absolute atomic E-state index is 0.257. The van der Waals surface area contributed by atoms with Gasteiger partial charge in [-0.1, -0.05) is 6.07 Å². The molecular formula is C17H17FN2O4. The minimum Gasteiger partial charge on any atom is -0.493 e. The smallest absolute Gasteiger partial charge is 0.262 e. The van der Waals surface area contributed by atoms with E-state index in [-0.39, 0.29) is 18.3 Å². The summed E-state index contributed by atoms with van der Waals surface area (Å²) in [7, 11) is 2.97. The topological polar surface area (TPSA) is 76.7 Å². The summed E-state index contributed by atoms with van der Waals surface area (Å²) in [5, 5.41) is 5.01. The Morgan fingerprint density at radius 1 is 1.12 bits per heavy atom. The molecule has 0 bridgehead atoms. The van der Waals surface area contributed by atoms with Crippen molar-refractivity contribution < 1.29 is 23.5 Å². The number of methoxy groups -OCH3 is 1. The van der Waals surface area contributed by atoms with Crippen molar-refractivity contribution in [1.29, 1.82) is 0 Å². The number of rotatable bonds is 6. The molecule has 0 fully saturated rings. The first-order chi connectivity index (χ1) is 11.5. The monoisotopic (exact) mass is 332 g/mol. The molecule has 24 heavy (non-hydrogen) atoms. The molecule has 0 aliphatic carbocycles. The summed E-state index contributed by atoms with van der Waals surface area (Å²) >= 11 is 0. The number of benzene rings is 2. The second-order valence-electron chi connectivity index (χ2n) is 4.79. The molecule has 0 aliphatic rings. The van der Waals surface area contributed by atoms with Crippen LogP contribution in [0.15, 0.2) is 42.5 Å². The van der Waals surface area contributed by atoms with Gasteiger partial charge in [-0.25, -0.2) is 4.39 Å². The van der Waals surface area contributed by atoms with Gasteiger partial charge in [0, 0.05) is 18.3 Å². The summed E-state index contributed by atoms with van der Waals surface area (Å²) in [4.78, 5) is 23.5. The summed E-state index contributed by atoms with van der Waals surface area (Å²) in [6.07, 6.45) is 0. The molecule has 0 atom stereocenters. The molecule has 0 aromatic heterocycles. The fourth-order valence-corrected chi connectivity index (χ4v) is 1.98. The Morgan fingerprint density at radius 2 is 1.92 bits per heavy atom. The zero-order valence-corrected chi connectivity index (χ0v) is 13.3. The molecule has 2 aromatic carbocycles. The molecule has 0 aliphatic heterocycles. The lowest BCUT2D eigenvalue weighted by atomic mass is 10.2. The highest BCUT2D eigenvalue weighted by Gasteiger charge is 2.12. The first-order valence-corrected chi connectivity index (χ1v) is 7.12. The lowest BCUT2D eigenvalue weighted by Crippen LogP contribution is -2.21. The Labute approximate surface area is 138 Å². The lowest BCUT2D eigenvalue weighted by Gasteiger charge is -2.12. The summed E-state index contributed by atoms with van der Waals surface area (Å²) in [6, 6.07) is 10.2. The fourth-order valence-electron chi connectivity index (χ4n) is 1.98. The maximum Gasteiger partial charge on any atom is 0.262 e. The molecular weight excluding hydrogens is 315 g/mol. The Balaban J connectivity index is 2.04. The Morgan fingerprint density at radius 3 is 2.58 bits per heavy atom. The van der Waals surface area contributed by atoms with Gasteiger partial charge in [0.15, 0.2) is 18.1 Å². The lowest BCUT2D eigenvalue weighted by molar-refractivity contribution is -0.118. The standard InChI is InChI=1S/C17H17FN2O4/c1-19-17(22)11-6-7-14(23-2)15(8-11)24-10-16(21)20-13-5-3-4-12(18)9-13/h3-9H,10H2,1-2H3,(H,19,22)(H,20,21). The van der Waals surface area contributed by atoms with Crippen molar-refractivity contribution in [2.45, 2.75) is 0 Å². The Hall–Kier alpha value is -3.09. The normalized spacial score (nSPS) is 9.96. The molecule has 0 radical (unpaired) electrons. The zero-order valence-electron chi connectivity index (χ0n) is 13.3. The van der Waals surface area contributed by atoms with Crippen LogP contribution in [0.25, 0.3) is 0 Å². The molecule has 2 amide bonds. The summed E-state index contributed by atoms with van der Waals surface area (Å²) in [5.41, 5.74) is 0.702. The van der Waals surface area contributed by atoms with Crippen LogP contribution < -0.4 is 20.1 Å². The number of carbonyl (C=O) groups is 2. The van der Waals surface area contributed by atoms with Crippen LogP contribution in [-0.2, 0) is 4.79 Å². The van der Waals surface area contributed by atoms with Crippen LogP contribution in [0.1, 0.15) is 10.4 Å². The molecule has 0 unspecified atom stereocenters. The molecule has 6 nitrogen and oxygen atoms in total. The van der Waals surface area contributed by atoms with Gasteiger partial charge in [0.2, 0.25) is 0 Å². The number of amides is 2. The quantitative estimate of drug-likeness (QED) is 0.850. The molecule has 2 aromatic rings. The van der Waals surface area contributed by atoms with Crippen LogP contribution in [0.2, 0.25) is 0 Å². The minimum atomic E-state index is -0.465. The molecule has 0 saturated heterocycles. The van der Waals surface area contributed by atoms with E-state index < -0.39 is 11.7 Å². The predicted octanol–water partition coefficient (Wildman–Crippen LogP) is 2.21. The van der Waals surface area contributed by atoms with E-state index in [1.807, 2.05) is 0 Å². The largest absolute Gasteiger partial charge is 0.493 e. The van der Waals surface area contributed by atoms with Crippen LogP contribution in [0.3, 0.4) is 0 Å². The van der Waals surface area contributed by atoms with Crippen LogP contribution in [-0.4, -0.2) is 32.6 Å². The van der Waals surface area contributed by atoms with E-state index in [1.54, 1.807) is 18.2 Å². The van der Waals surface area contributed by atoms with Gasteiger partial charge in [0.25, 0.3) is 11.8 Å². The van der Waals surface area contributed by atoms with Gasteiger partial charge >= 0.3 is 0 Å². The SMILES string of the molecule is CNC(=O)c1ccc(OC)c(OCC(=O)Nc2cccc(F)c2)c1. The maximum atomic E-state index is 13.1. The van der Waals surface area contributed by atoms with Crippen LogP contribution in [0.5, 0.6) is 11.5 Å². The summed E-state index contributed by atoms with van der Waals surface area (Å²) in [5.74, 6) is -0.553. The highest BCUT2D eigenvalue weighted by atomic mass is 19.1. The zero-order chi connectivity index (χ0) is 17.5. The van der Waals surface area contributed by atoms with Gasteiger partial charge in [0.1, 0.15) is 5.82 Å². The van der Waals surface area contributed by atoms with E-state index >= 15 is 0 Å². The van der Waals surface area contributed by atoms with Crippen LogP contribution >= 0.6 is 0 Å². The molecule has 0 saturated carbocycles. The molecule has 126 valence electrons. The number of ether oxygens (including phenoxy) is 2. The fraction of sp³-hybridized carbons (Fsp3) is 0.176. The Kier molecular flexibility index (Phi) is 5.73. The van der Waals surface area contributed by atoms with Crippen molar-refractivity contribution in [3.05, 3.63) is 53.8 Å².